The Labute approximate surface area is 107 Å². The second-order valence-corrected chi connectivity index (χ2v) is 4.20. The lowest BCUT2D eigenvalue weighted by Gasteiger charge is -2.13. The third-order valence-corrected chi connectivity index (χ3v) is 2.75. The topological polar surface area (TPSA) is 84.6 Å². The molecule has 18 heavy (non-hydrogen) atoms. The van der Waals surface area contributed by atoms with E-state index in [2.05, 4.69) is 5.32 Å². The number of amides is 1. The van der Waals surface area contributed by atoms with Crippen LogP contribution in [0.2, 0.25) is 0 Å². The van der Waals surface area contributed by atoms with Crippen LogP contribution < -0.4 is 15.8 Å². The lowest BCUT2D eigenvalue weighted by atomic mass is 10.0. The van der Waals surface area contributed by atoms with Gasteiger partial charge in [-0.2, -0.15) is 0 Å². The Morgan fingerprint density at radius 2 is 2.28 bits per heavy atom. The quantitative estimate of drug-likeness (QED) is 0.673. The predicted octanol–water partition coefficient (Wildman–Crippen LogP) is 1.71. The van der Waals surface area contributed by atoms with E-state index in [1.807, 2.05) is 6.92 Å². The van der Waals surface area contributed by atoms with Gasteiger partial charge >= 0.3 is 0 Å². The van der Waals surface area contributed by atoms with Gasteiger partial charge in [-0.25, -0.2) is 0 Å². The number of rotatable bonds is 6. The van der Waals surface area contributed by atoms with Gasteiger partial charge in [0, 0.05) is 12.0 Å². The van der Waals surface area contributed by atoms with Crippen LogP contribution in [0.5, 0.6) is 11.5 Å². The maximum absolute atomic E-state index is 11.9. The van der Waals surface area contributed by atoms with Crippen molar-refractivity contribution in [3.05, 3.63) is 18.2 Å². The molecule has 1 amide bonds. The van der Waals surface area contributed by atoms with Crippen LogP contribution in [0.25, 0.3) is 0 Å². The number of nitrogens with two attached hydrogens (primary N) is 1. The zero-order chi connectivity index (χ0) is 13.5. The molecule has 0 bridgehead atoms. The minimum Gasteiger partial charge on any atom is -0.506 e. The Balaban J connectivity index is 2.68. The monoisotopic (exact) mass is 252 g/mol. The Bertz CT molecular complexity index is 407. The molecule has 0 fully saturated rings. The number of anilines is 1. The Morgan fingerprint density at radius 1 is 1.56 bits per heavy atom. The first-order chi connectivity index (χ1) is 8.58. The van der Waals surface area contributed by atoms with Gasteiger partial charge in [0.2, 0.25) is 5.91 Å². The van der Waals surface area contributed by atoms with Gasteiger partial charge in [-0.1, -0.05) is 6.92 Å². The van der Waals surface area contributed by atoms with E-state index >= 15 is 0 Å². The minimum atomic E-state index is -0.140. The summed E-state index contributed by atoms with van der Waals surface area (Å²) < 4.78 is 5.04. The summed E-state index contributed by atoms with van der Waals surface area (Å²) in [4.78, 5) is 11.9. The molecule has 0 saturated heterocycles. The van der Waals surface area contributed by atoms with Gasteiger partial charge in [0.25, 0.3) is 0 Å². The summed E-state index contributed by atoms with van der Waals surface area (Å²) in [6.07, 6.45) is 1.53. The zero-order valence-electron chi connectivity index (χ0n) is 10.8. The largest absolute Gasteiger partial charge is 0.506 e. The van der Waals surface area contributed by atoms with E-state index in [1.165, 1.54) is 13.2 Å². The van der Waals surface area contributed by atoms with E-state index in [4.69, 9.17) is 10.5 Å². The van der Waals surface area contributed by atoms with Crippen LogP contribution in [0.4, 0.5) is 5.69 Å². The van der Waals surface area contributed by atoms with Crippen molar-refractivity contribution < 1.29 is 14.6 Å². The number of nitrogens with one attached hydrogen (secondary N) is 1. The smallest absolute Gasteiger partial charge is 0.227 e. The lowest BCUT2D eigenvalue weighted by Crippen LogP contribution is -2.21. The van der Waals surface area contributed by atoms with Gasteiger partial charge in [0.05, 0.1) is 12.8 Å². The van der Waals surface area contributed by atoms with E-state index in [0.29, 0.717) is 18.0 Å². The predicted molar refractivity (Wildman–Crippen MR) is 70.7 cm³/mol. The van der Waals surface area contributed by atoms with Crippen LogP contribution in [0.1, 0.15) is 19.8 Å². The first-order valence-corrected chi connectivity index (χ1v) is 5.96. The van der Waals surface area contributed by atoms with E-state index in [-0.39, 0.29) is 17.6 Å². The number of methoxy groups -OCH3 is 1. The summed E-state index contributed by atoms with van der Waals surface area (Å²) in [5, 5.41) is 12.3. The molecule has 0 aliphatic rings. The van der Waals surface area contributed by atoms with Gasteiger partial charge in [-0.15, -0.1) is 0 Å². The highest BCUT2D eigenvalue weighted by atomic mass is 16.5. The third-order valence-electron chi connectivity index (χ3n) is 2.75. The minimum absolute atomic E-state index is 0.0233. The summed E-state index contributed by atoms with van der Waals surface area (Å²) >= 11 is 0. The number of hydrogen-bond acceptors (Lipinski definition) is 4. The van der Waals surface area contributed by atoms with Crippen LogP contribution in [-0.4, -0.2) is 24.7 Å². The highest BCUT2D eigenvalue weighted by Crippen LogP contribution is 2.28. The highest BCUT2D eigenvalue weighted by Gasteiger charge is 2.14. The first-order valence-electron chi connectivity index (χ1n) is 5.96. The molecule has 0 saturated carbocycles. The van der Waals surface area contributed by atoms with E-state index in [9.17, 15) is 9.90 Å². The number of aromatic hydroxyl groups is 1. The maximum atomic E-state index is 11.9. The van der Waals surface area contributed by atoms with Crippen LogP contribution in [0, 0.1) is 5.92 Å². The fourth-order valence-electron chi connectivity index (χ4n) is 1.55. The molecule has 1 atom stereocenters. The average molecular weight is 252 g/mol. The SMILES string of the molecule is COc1ccc(O)c(NC(=O)C(C)CCCN)c1. The molecule has 0 aliphatic heterocycles. The molecule has 5 nitrogen and oxygen atoms in total. The number of phenols is 1. The van der Waals surface area contributed by atoms with Gasteiger partial charge in [0.1, 0.15) is 11.5 Å². The van der Waals surface area contributed by atoms with Gasteiger partial charge < -0.3 is 20.9 Å². The molecule has 0 spiro atoms. The third kappa shape index (κ3) is 3.92. The normalized spacial score (nSPS) is 11.9. The number of benzene rings is 1. The van der Waals surface area contributed by atoms with Crippen LogP contribution >= 0.6 is 0 Å². The fraction of sp³-hybridized carbons (Fsp3) is 0.462. The molecular formula is C13H20N2O3. The van der Waals surface area contributed by atoms with Crippen molar-refractivity contribution in [2.24, 2.45) is 11.7 Å². The molecule has 0 aromatic heterocycles. The summed E-state index contributed by atoms with van der Waals surface area (Å²) in [5.74, 6) is 0.332. The van der Waals surface area contributed by atoms with E-state index < -0.39 is 0 Å². The highest BCUT2D eigenvalue weighted by molar-refractivity contribution is 5.93. The molecule has 1 aromatic rings. The molecular weight excluding hydrogens is 232 g/mol. The number of carbonyl (C=O) groups is 1. The second kappa shape index (κ2) is 6.86. The van der Waals surface area contributed by atoms with Crippen molar-refractivity contribution >= 4 is 11.6 Å². The number of phenolic OH excluding ortho intramolecular Hbond substituents is 1. The summed E-state index contributed by atoms with van der Waals surface area (Å²) in [5.41, 5.74) is 5.76. The maximum Gasteiger partial charge on any atom is 0.227 e. The van der Waals surface area contributed by atoms with Crippen molar-refractivity contribution in [3.8, 4) is 11.5 Å². The standard InChI is InChI=1S/C13H20N2O3/c1-9(4-3-7-14)13(17)15-11-8-10(18-2)5-6-12(11)16/h5-6,8-9,16H,3-4,7,14H2,1-2H3,(H,15,17). The Hall–Kier alpha value is -1.75. The van der Waals surface area contributed by atoms with Crippen molar-refractivity contribution in [1.82, 2.24) is 0 Å². The number of carbonyl (C=O) groups excluding carboxylic acids is 1. The summed E-state index contributed by atoms with van der Waals surface area (Å²) in [6.45, 7) is 2.41. The Kier molecular flexibility index (Phi) is 5.45. The lowest BCUT2D eigenvalue weighted by molar-refractivity contribution is -0.119. The average Bonchev–Trinajstić information content (AvgIpc) is 2.38. The van der Waals surface area contributed by atoms with Crippen LogP contribution in [-0.2, 0) is 4.79 Å². The summed E-state index contributed by atoms with van der Waals surface area (Å²) in [7, 11) is 1.53. The molecule has 100 valence electrons. The van der Waals surface area contributed by atoms with Crippen molar-refractivity contribution in [1.29, 1.82) is 0 Å². The van der Waals surface area contributed by atoms with Gasteiger partial charge in [-0.05, 0) is 31.5 Å². The van der Waals surface area contributed by atoms with Crippen molar-refractivity contribution in [2.75, 3.05) is 19.0 Å². The fourth-order valence-corrected chi connectivity index (χ4v) is 1.55. The molecule has 4 N–H and O–H groups in total. The number of hydrogen-bond donors (Lipinski definition) is 3. The molecule has 0 aliphatic carbocycles. The van der Waals surface area contributed by atoms with Gasteiger partial charge in [0.15, 0.2) is 0 Å². The molecule has 1 unspecified atom stereocenters. The van der Waals surface area contributed by atoms with Gasteiger partial charge in [-0.3, -0.25) is 4.79 Å². The molecule has 0 heterocycles. The van der Waals surface area contributed by atoms with Crippen LogP contribution in [0.15, 0.2) is 18.2 Å². The molecule has 5 heteroatoms. The molecule has 1 aromatic carbocycles. The summed E-state index contributed by atoms with van der Waals surface area (Å²) in [6, 6.07) is 4.70. The van der Waals surface area contributed by atoms with Crippen molar-refractivity contribution in [2.45, 2.75) is 19.8 Å². The second-order valence-electron chi connectivity index (χ2n) is 4.20. The van der Waals surface area contributed by atoms with Crippen molar-refractivity contribution in [3.63, 3.8) is 0 Å². The van der Waals surface area contributed by atoms with E-state index in [1.54, 1.807) is 12.1 Å². The molecule has 0 radical (unpaired) electrons. The van der Waals surface area contributed by atoms with Crippen LogP contribution in [0.3, 0.4) is 0 Å². The van der Waals surface area contributed by atoms with E-state index in [0.717, 1.165) is 12.8 Å². The zero-order valence-corrected chi connectivity index (χ0v) is 10.8. The number of ether oxygens (including phenoxy) is 1. The first kappa shape index (κ1) is 14.3. The molecule has 1 rings (SSSR count). The Morgan fingerprint density at radius 3 is 2.89 bits per heavy atom.